The third-order valence-electron chi connectivity index (χ3n) is 3.77. The van der Waals surface area contributed by atoms with Crippen LogP contribution in [0.15, 0.2) is 48.5 Å². The van der Waals surface area contributed by atoms with Crippen molar-refractivity contribution < 1.29 is 27.8 Å². The van der Waals surface area contributed by atoms with Gasteiger partial charge in [0.25, 0.3) is 5.91 Å². The van der Waals surface area contributed by atoms with Gasteiger partial charge in [-0.05, 0) is 32.1 Å². The van der Waals surface area contributed by atoms with Crippen LogP contribution in [0.4, 0.5) is 8.78 Å². The van der Waals surface area contributed by atoms with Gasteiger partial charge in [-0.25, -0.2) is 13.6 Å². The highest BCUT2D eigenvalue weighted by atomic mass is 19.1. The minimum absolute atomic E-state index is 0.133. The number of hydrogen-bond acceptors (Lipinski definition) is 4. The van der Waals surface area contributed by atoms with Crippen molar-refractivity contribution in [3.63, 3.8) is 0 Å². The van der Waals surface area contributed by atoms with Crippen molar-refractivity contribution >= 4 is 18.0 Å². The van der Waals surface area contributed by atoms with Gasteiger partial charge >= 0.3 is 5.97 Å². The molecule has 1 atom stereocenters. The molecule has 0 radical (unpaired) electrons. The van der Waals surface area contributed by atoms with E-state index in [1.54, 1.807) is 25.1 Å². The summed E-state index contributed by atoms with van der Waals surface area (Å²) in [5, 5.41) is 2.49. The van der Waals surface area contributed by atoms with Crippen LogP contribution in [0.5, 0.6) is 5.75 Å². The number of esters is 1. The largest absolute Gasteiger partial charge is 0.493 e. The van der Waals surface area contributed by atoms with E-state index < -0.39 is 36.2 Å². The summed E-state index contributed by atoms with van der Waals surface area (Å²) in [5.74, 6) is -2.15. The van der Waals surface area contributed by atoms with Gasteiger partial charge in [0.2, 0.25) is 0 Å². The van der Waals surface area contributed by atoms with E-state index in [1.807, 2.05) is 13.0 Å². The van der Waals surface area contributed by atoms with Crippen LogP contribution in [-0.2, 0) is 14.3 Å². The van der Waals surface area contributed by atoms with E-state index in [-0.39, 0.29) is 5.56 Å². The third kappa shape index (κ3) is 6.19. The van der Waals surface area contributed by atoms with Crippen LogP contribution in [0, 0.1) is 11.6 Å². The smallest absolute Gasteiger partial charge is 0.331 e. The Hall–Kier alpha value is -3.22. The molecule has 0 aliphatic heterocycles. The summed E-state index contributed by atoms with van der Waals surface area (Å²) in [4.78, 5) is 23.7. The molecule has 2 rings (SSSR count). The molecule has 0 aliphatic rings. The Morgan fingerprint density at radius 3 is 2.64 bits per heavy atom. The summed E-state index contributed by atoms with van der Waals surface area (Å²) < 4.78 is 37.0. The first kappa shape index (κ1) is 21.1. The lowest BCUT2D eigenvalue weighted by Gasteiger charge is -2.15. The van der Waals surface area contributed by atoms with Crippen molar-refractivity contribution in [2.45, 2.75) is 19.9 Å². The zero-order valence-corrected chi connectivity index (χ0v) is 15.6. The molecule has 5 nitrogen and oxygen atoms in total. The van der Waals surface area contributed by atoms with E-state index in [0.29, 0.717) is 17.9 Å². The Morgan fingerprint density at radius 1 is 1.18 bits per heavy atom. The highest BCUT2D eigenvalue weighted by Gasteiger charge is 2.15. The summed E-state index contributed by atoms with van der Waals surface area (Å²) in [7, 11) is 0. The van der Waals surface area contributed by atoms with Gasteiger partial charge < -0.3 is 14.8 Å². The van der Waals surface area contributed by atoms with Gasteiger partial charge in [0, 0.05) is 23.3 Å². The predicted octanol–water partition coefficient (Wildman–Crippen LogP) is 3.80. The van der Waals surface area contributed by atoms with Crippen molar-refractivity contribution in [2.75, 3.05) is 13.2 Å². The first-order valence-corrected chi connectivity index (χ1v) is 8.71. The number of rotatable bonds is 8. The molecule has 0 spiro atoms. The van der Waals surface area contributed by atoms with Crippen LogP contribution in [0.3, 0.4) is 0 Å². The maximum absolute atomic E-state index is 13.7. The highest BCUT2D eigenvalue weighted by Crippen LogP contribution is 2.19. The van der Waals surface area contributed by atoms with Gasteiger partial charge in [0.1, 0.15) is 17.4 Å². The number of halogens is 2. The molecular weight excluding hydrogens is 368 g/mol. The van der Waals surface area contributed by atoms with E-state index >= 15 is 0 Å². The van der Waals surface area contributed by atoms with E-state index in [0.717, 1.165) is 12.1 Å². The number of carbonyl (C=O) groups is 2. The average Bonchev–Trinajstić information content (AvgIpc) is 2.65. The zero-order chi connectivity index (χ0) is 20.5. The van der Waals surface area contributed by atoms with Gasteiger partial charge in [0.15, 0.2) is 6.61 Å². The molecule has 7 heteroatoms. The standard InChI is InChI=1S/C21H21F2NO4/c1-3-27-19-7-5-4-6-15(19)8-11-21(26)28-13-20(25)24-14(2)17-10-9-16(22)12-18(17)23/h4-12,14H,3,13H2,1-2H3,(H,24,25)/b11-8+/t14-/m1/s1. The van der Waals surface area contributed by atoms with Crippen LogP contribution < -0.4 is 10.1 Å². The minimum Gasteiger partial charge on any atom is -0.493 e. The van der Waals surface area contributed by atoms with Gasteiger partial charge in [-0.1, -0.05) is 24.3 Å². The molecule has 0 bridgehead atoms. The fraction of sp³-hybridized carbons (Fsp3) is 0.238. The molecule has 148 valence electrons. The molecular formula is C21H21F2NO4. The molecule has 0 heterocycles. The SMILES string of the molecule is CCOc1ccccc1/C=C/C(=O)OCC(=O)N[C@H](C)c1ccc(F)cc1F. The maximum atomic E-state index is 13.7. The lowest BCUT2D eigenvalue weighted by molar-refractivity contribution is -0.144. The lowest BCUT2D eigenvalue weighted by Crippen LogP contribution is -2.31. The predicted molar refractivity (Wildman–Crippen MR) is 101 cm³/mol. The highest BCUT2D eigenvalue weighted by molar-refractivity contribution is 5.89. The number of ether oxygens (including phenoxy) is 2. The molecule has 0 aliphatic carbocycles. The Kier molecular flexibility index (Phi) is 7.68. The molecule has 1 N–H and O–H groups in total. The van der Waals surface area contributed by atoms with Crippen molar-refractivity contribution in [1.29, 1.82) is 0 Å². The quantitative estimate of drug-likeness (QED) is 0.551. The normalized spacial score (nSPS) is 11.9. The first-order chi connectivity index (χ1) is 13.4. The number of benzene rings is 2. The molecule has 0 unspecified atom stereocenters. The van der Waals surface area contributed by atoms with Crippen molar-refractivity contribution in [1.82, 2.24) is 5.32 Å². The first-order valence-electron chi connectivity index (χ1n) is 8.71. The summed E-state index contributed by atoms with van der Waals surface area (Å²) in [6.07, 6.45) is 2.72. The molecule has 1 amide bonds. The second-order valence-corrected chi connectivity index (χ2v) is 5.87. The zero-order valence-electron chi connectivity index (χ0n) is 15.6. The number of hydrogen-bond donors (Lipinski definition) is 1. The Bertz CT molecular complexity index is 867. The Labute approximate surface area is 162 Å². The monoisotopic (exact) mass is 389 g/mol. The number of nitrogens with one attached hydrogen (secondary N) is 1. The van der Waals surface area contributed by atoms with Crippen LogP contribution in [0.25, 0.3) is 6.08 Å². The van der Waals surface area contributed by atoms with Gasteiger partial charge in [-0.2, -0.15) is 0 Å². The van der Waals surface area contributed by atoms with Crippen molar-refractivity contribution in [2.24, 2.45) is 0 Å². The molecule has 2 aromatic rings. The second-order valence-electron chi connectivity index (χ2n) is 5.87. The van der Waals surface area contributed by atoms with Crippen LogP contribution in [0.2, 0.25) is 0 Å². The Balaban J connectivity index is 1.86. The van der Waals surface area contributed by atoms with Gasteiger partial charge in [-0.3, -0.25) is 4.79 Å². The molecule has 0 fully saturated rings. The number of amides is 1. The molecule has 0 aromatic heterocycles. The Morgan fingerprint density at radius 2 is 1.93 bits per heavy atom. The third-order valence-corrected chi connectivity index (χ3v) is 3.77. The average molecular weight is 389 g/mol. The fourth-order valence-corrected chi connectivity index (χ4v) is 2.46. The molecule has 0 saturated carbocycles. The van der Waals surface area contributed by atoms with Crippen molar-refractivity contribution in [3.05, 3.63) is 71.3 Å². The van der Waals surface area contributed by atoms with Crippen LogP contribution in [0.1, 0.15) is 31.0 Å². The minimum atomic E-state index is -0.763. The van der Waals surface area contributed by atoms with E-state index in [1.165, 1.54) is 18.2 Å². The lowest BCUT2D eigenvalue weighted by atomic mass is 10.1. The maximum Gasteiger partial charge on any atom is 0.331 e. The summed E-state index contributed by atoms with van der Waals surface area (Å²) in [6.45, 7) is 3.36. The summed E-state index contributed by atoms with van der Waals surface area (Å²) in [5.41, 5.74) is 0.833. The molecule has 2 aromatic carbocycles. The van der Waals surface area contributed by atoms with Gasteiger partial charge in [0.05, 0.1) is 12.6 Å². The fourth-order valence-electron chi connectivity index (χ4n) is 2.46. The van der Waals surface area contributed by atoms with E-state index in [2.05, 4.69) is 5.32 Å². The van der Waals surface area contributed by atoms with E-state index in [9.17, 15) is 18.4 Å². The second kappa shape index (κ2) is 10.2. The van der Waals surface area contributed by atoms with Crippen LogP contribution >= 0.6 is 0 Å². The summed E-state index contributed by atoms with van der Waals surface area (Å²) in [6, 6.07) is 9.56. The topological polar surface area (TPSA) is 64.6 Å². The van der Waals surface area contributed by atoms with Gasteiger partial charge in [-0.15, -0.1) is 0 Å². The summed E-state index contributed by atoms with van der Waals surface area (Å²) >= 11 is 0. The number of carbonyl (C=O) groups excluding carboxylic acids is 2. The van der Waals surface area contributed by atoms with Crippen LogP contribution in [-0.4, -0.2) is 25.1 Å². The molecule has 28 heavy (non-hydrogen) atoms. The van der Waals surface area contributed by atoms with E-state index in [4.69, 9.17) is 9.47 Å². The van der Waals surface area contributed by atoms with Crippen molar-refractivity contribution in [3.8, 4) is 5.75 Å². The number of para-hydroxylation sites is 1. The molecule has 0 saturated heterocycles.